The predicted molar refractivity (Wildman–Crippen MR) is 65.6 cm³/mol. The van der Waals surface area contributed by atoms with Crippen LogP contribution in [0.1, 0.15) is 43.8 Å². The molecule has 94 valence electrons. The van der Waals surface area contributed by atoms with E-state index in [-0.39, 0.29) is 4.47 Å². The van der Waals surface area contributed by atoms with Gasteiger partial charge in [0.1, 0.15) is 0 Å². The molecule has 1 fully saturated rings. The van der Waals surface area contributed by atoms with Crippen molar-refractivity contribution in [3.8, 4) is 0 Å². The fourth-order valence-corrected chi connectivity index (χ4v) is 3.07. The largest absolute Gasteiger partial charge is 0.388 e. The number of benzene rings is 1. The molecule has 0 bridgehead atoms. The molecule has 0 radical (unpaired) electrons. The molecule has 1 saturated carbocycles. The van der Waals surface area contributed by atoms with Crippen LogP contribution in [0.15, 0.2) is 16.6 Å². The van der Waals surface area contributed by atoms with Gasteiger partial charge in [0.2, 0.25) is 0 Å². The third-order valence-corrected chi connectivity index (χ3v) is 4.26. The Bertz CT molecular complexity index is 403. The number of hydrogen-bond donors (Lipinski definition) is 1. The summed E-state index contributed by atoms with van der Waals surface area (Å²) >= 11 is 3.01. The van der Waals surface area contributed by atoms with E-state index >= 15 is 0 Å². The molecule has 1 atom stereocenters. The quantitative estimate of drug-likeness (QED) is 0.824. The number of aliphatic hydroxyl groups is 1. The topological polar surface area (TPSA) is 20.2 Å². The van der Waals surface area contributed by atoms with Crippen LogP contribution in [0.5, 0.6) is 0 Å². The number of rotatable bonds is 3. The first-order valence-corrected chi connectivity index (χ1v) is 6.70. The summed E-state index contributed by atoms with van der Waals surface area (Å²) in [4.78, 5) is 0. The zero-order chi connectivity index (χ0) is 12.4. The van der Waals surface area contributed by atoms with Gasteiger partial charge in [0, 0.05) is 0 Å². The third-order valence-electron chi connectivity index (χ3n) is 3.46. The van der Waals surface area contributed by atoms with Crippen LogP contribution in [0.25, 0.3) is 0 Å². The molecule has 4 heteroatoms. The lowest BCUT2D eigenvalue weighted by molar-refractivity contribution is 0.143. The summed E-state index contributed by atoms with van der Waals surface area (Å²) < 4.78 is 26.3. The van der Waals surface area contributed by atoms with Gasteiger partial charge in [-0.05, 0) is 39.9 Å². The zero-order valence-electron chi connectivity index (χ0n) is 9.43. The van der Waals surface area contributed by atoms with Crippen molar-refractivity contribution in [2.45, 2.75) is 38.2 Å². The minimum Gasteiger partial charge on any atom is -0.388 e. The molecule has 0 aromatic heterocycles. The van der Waals surface area contributed by atoms with Crippen molar-refractivity contribution >= 4 is 15.9 Å². The summed E-state index contributed by atoms with van der Waals surface area (Å²) in [6, 6.07) is 2.51. The Morgan fingerprint density at radius 2 is 1.94 bits per heavy atom. The van der Waals surface area contributed by atoms with Crippen molar-refractivity contribution in [3.63, 3.8) is 0 Å². The van der Waals surface area contributed by atoms with Crippen LogP contribution in [0.2, 0.25) is 0 Å². The van der Waals surface area contributed by atoms with E-state index < -0.39 is 17.7 Å². The van der Waals surface area contributed by atoms with Crippen molar-refractivity contribution in [1.29, 1.82) is 0 Å². The lowest BCUT2D eigenvalue weighted by Crippen LogP contribution is -2.06. The number of aliphatic hydroxyl groups excluding tert-OH is 1. The minimum absolute atomic E-state index is 0.0444. The Hall–Kier alpha value is -0.480. The molecule has 1 aliphatic carbocycles. The Balaban J connectivity index is 2.13. The van der Waals surface area contributed by atoms with Gasteiger partial charge < -0.3 is 5.11 Å². The van der Waals surface area contributed by atoms with Crippen molar-refractivity contribution in [2.75, 3.05) is 0 Å². The fourth-order valence-electron chi connectivity index (χ4n) is 2.49. The Kier molecular flexibility index (Phi) is 4.15. The van der Waals surface area contributed by atoms with Crippen LogP contribution in [-0.4, -0.2) is 5.11 Å². The number of hydrogen-bond acceptors (Lipinski definition) is 1. The SMILES string of the molecule is OC(CC1CCCC1)c1ccc(F)c(F)c1Br. The van der Waals surface area contributed by atoms with Crippen LogP contribution in [-0.2, 0) is 0 Å². The van der Waals surface area contributed by atoms with Gasteiger partial charge in [-0.1, -0.05) is 31.7 Å². The van der Waals surface area contributed by atoms with E-state index in [1.54, 1.807) is 0 Å². The molecule has 0 saturated heterocycles. The molecule has 0 spiro atoms. The summed E-state index contributed by atoms with van der Waals surface area (Å²) in [6.45, 7) is 0. The smallest absolute Gasteiger partial charge is 0.173 e. The maximum Gasteiger partial charge on any atom is 0.173 e. The van der Waals surface area contributed by atoms with Crippen LogP contribution >= 0.6 is 15.9 Å². The fraction of sp³-hybridized carbons (Fsp3) is 0.538. The Morgan fingerprint density at radius 1 is 1.29 bits per heavy atom. The van der Waals surface area contributed by atoms with E-state index in [1.165, 1.54) is 18.9 Å². The third kappa shape index (κ3) is 2.86. The van der Waals surface area contributed by atoms with Gasteiger partial charge in [-0.25, -0.2) is 8.78 Å². The summed E-state index contributed by atoms with van der Waals surface area (Å²) in [5.41, 5.74) is 0.441. The summed E-state index contributed by atoms with van der Waals surface area (Å²) in [5.74, 6) is -1.31. The lowest BCUT2D eigenvalue weighted by atomic mass is 9.95. The van der Waals surface area contributed by atoms with Crippen LogP contribution < -0.4 is 0 Å². The average Bonchev–Trinajstić information content (AvgIpc) is 2.78. The number of halogens is 3. The molecular formula is C13H15BrF2O. The van der Waals surface area contributed by atoms with Gasteiger partial charge in [-0.2, -0.15) is 0 Å². The maximum atomic E-state index is 13.3. The first-order valence-electron chi connectivity index (χ1n) is 5.91. The van der Waals surface area contributed by atoms with Crippen LogP contribution in [0.3, 0.4) is 0 Å². The van der Waals surface area contributed by atoms with E-state index in [4.69, 9.17) is 0 Å². The van der Waals surface area contributed by atoms with E-state index in [9.17, 15) is 13.9 Å². The molecular weight excluding hydrogens is 290 g/mol. The summed E-state index contributed by atoms with van der Waals surface area (Å²) in [7, 11) is 0. The van der Waals surface area contributed by atoms with E-state index in [2.05, 4.69) is 15.9 Å². The van der Waals surface area contributed by atoms with Crippen molar-refractivity contribution in [1.82, 2.24) is 0 Å². The summed E-state index contributed by atoms with van der Waals surface area (Å²) in [6.07, 6.45) is 4.56. The minimum atomic E-state index is -0.923. The van der Waals surface area contributed by atoms with E-state index in [1.807, 2.05) is 0 Å². The highest BCUT2D eigenvalue weighted by Gasteiger charge is 2.22. The summed E-state index contributed by atoms with van der Waals surface area (Å²) in [5, 5.41) is 10.1. The standard InChI is InChI=1S/C13H15BrF2O/c14-12-9(5-6-10(15)13(12)16)11(17)7-8-3-1-2-4-8/h5-6,8,11,17H,1-4,7H2. The molecule has 1 N–H and O–H groups in total. The average molecular weight is 305 g/mol. The normalized spacial score (nSPS) is 18.6. The zero-order valence-corrected chi connectivity index (χ0v) is 11.0. The van der Waals surface area contributed by atoms with Gasteiger partial charge in [0.25, 0.3) is 0 Å². The highest BCUT2D eigenvalue weighted by Crippen LogP contribution is 2.36. The molecule has 0 aliphatic heterocycles. The first kappa shape index (κ1) is 13.0. The monoisotopic (exact) mass is 304 g/mol. The van der Waals surface area contributed by atoms with Crippen molar-refractivity contribution < 1.29 is 13.9 Å². The molecule has 1 aromatic carbocycles. The van der Waals surface area contributed by atoms with Crippen LogP contribution in [0, 0.1) is 17.6 Å². The van der Waals surface area contributed by atoms with E-state index in [0.717, 1.165) is 18.9 Å². The second kappa shape index (κ2) is 5.44. The van der Waals surface area contributed by atoms with Crippen LogP contribution in [0.4, 0.5) is 8.78 Å². The second-order valence-corrected chi connectivity index (χ2v) is 5.46. The van der Waals surface area contributed by atoms with E-state index in [0.29, 0.717) is 17.9 Å². The molecule has 1 unspecified atom stereocenters. The molecule has 1 aliphatic rings. The second-order valence-electron chi connectivity index (χ2n) is 4.67. The van der Waals surface area contributed by atoms with Gasteiger partial charge in [-0.15, -0.1) is 0 Å². The Labute approximate surface area is 108 Å². The van der Waals surface area contributed by atoms with Crippen molar-refractivity contribution in [2.24, 2.45) is 5.92 Å². The Morgan fingerprint density at radius 3 is 2.59 bits per heavy atom. The highest BCUT2D eigenvalue weighted by atomic mass is 79.9. The molecule has 17 heavy (non-hydrogen) atoms. The van der Waals surface area contributed by atoms with Gasteiger partial charge in [-0.3, -0.25) is 0 Å². The first-order chi connectivity index (χ1) is 8.09. The van der Waals surface area contributed by atoms with Crippen molar-refractivity contribution in [3.05, 3.63) is 33.8 Å². The molecule has 2 rings (SSSR count). The molecule has 1 nitrogen and oxygen atoms in total. The molecule has 0 heterocycles. The molecule has 0 amide bonds. The molecule has 1 aromatic rings. The van der Waals surface area contributed by atoms with Gasteiger partial charge >= 0.3 is 0 Å². The lowest BCUT2D eigenvalue weighted by Gasteiger charge is -2.17. The van der Waals surface area contributed by atoms with Gasteiger partial charge in [0.15, 0.2) is 11.6 Å². The predicted octanol–water partition coefficient (Wildman–Crippen LogP) is 4.34. The highest BCUT2D eigenvalue weighted by molar-refractivity contribution is 9.10. The maximum absolute atomic E-state index is 13.3. The van der Waals surface area contributed by atoms with Gasteiger partial charge in [0.05, 0.1) is 10.6 Å².